The molecular formula is C19H20N4O3. The lowest BCUT2D eigenvalue weighted by molar-refractivity contribution is -0.117. The summed E-state index contributed by atoms with van der Waals surface area (Å²) in [5.74, 6) is -0.167. The number of carbonyl (C=O) groups is 2. The Kier molecular flexibility index (Phi) is 4.62. The molecule has 2 heterocycles. The summed E-state index contributed by atoms with van der Waals surface area (Å²) < 4.78 is 5.25. The topological polar surface area (TPSA) is 104 Å². The second-order valence-corrected chi connectivity index (χ2v) is 6.11. The summed E-state index contributed by atoms with van der Waals surface area (Å²) in [5.41, 5.74) is 7.38. The van der Waals surface area contributed by atoms with Gasteiger partial charge in [-0.1, -0.05) is 6.07 Å². The Hall–Kier alpha value is -3.35. The second kappa shape index (κ2) is 6.87. The van der Waals surface area contributed by atoms with Crippen molar-refractivity contribution in [1.29, 1.82) is 5.41 Å². The van der Waals surface area contributed by atoms with Gasteiger partial charge in [-0.3, -0.25) is 9.59 Å². The maximum Gasteiger partial charge on any atom is 0.294 e. The second-order valence-electron chi connectivity index (χ2n) is 6.11. The number of hydrogen-bond donors (Lipinski definition) is 2. The first-order valence-corrected chi connectivity index (χ1v) is 8.20. The first-order valence-electron chi connectivity index (χ1n) is 8.20. The van der Waals surface area contributed by atoms with Crippen molar-refractivity contribution in [3.63, 3.8) is 0 Å². The van der Waals surface area contributed by atoms with E-state index in [1.807, 2.05) is 6.92 Å². The molecule has 1 aromatic heterocycles. The van der Waals surface area contributed by atoms with E-state index in [1.165, 1.54) is 25.5 Å². The van der Waals surface area contributed by atoms with Crippen LogP contribution in [0.25, 0.3) is 0 Å². The van der Waals surface area contributed by atoms with Gasteiger partial charge in [0.05, 0.1) is 29.4 Å². The molecule has 3 N–H and O–H groups in total. The molecule has 7 nitrogen and oxygen atoms in total. The van der Waals surface area contributed by atoms with Crippen molar-refractivity contribution in [3.05, 3.63) is 60.2 Å². The number of furan rings is 1. The van der Waals surface area contributed by atoms with E-state index in [2.05, 4.69) is 0 Å². The molecule has 1 aliphatic rings. The van der Waals surface area contributed by atoms with Crippen molar-refractivity contribution in [2.24, 2.45) is 5.73 Å². The maximum atomic E-state index is 12.9. The van der Waals surface area contributed by atoms with Crippen LogP contribution in [0.4, 0.5) is 11.4 Å². The summed E-state index contributed by atoms with van der Waals surface area (Å²) in [5, 5.41) is 8.06. The predicted molar refractivity (Wildman–Crippen MR) is 99.6 cm³/mol. The summed E-state index contributed by atoms with van der Waals surface area (Å²) >= 11 is 0. The number of benzene rings is 1. The minimum absolute atomic E-state index is 0.103. The number of rotatable bonds is 3. The smallest absolute Gasteiger partial charge is 0.294 e. The molecule has 2 aromatic rings. The molecule has 26 heavy (non-hydrogen) atoms. The van der Waals surface area contributed by atoms with Crippen molar-refractivity contribution in [2.45, 2.75) is 19.9 Å². The first kappa shape index (κ1) is 17.5. The molecule has 1 aromatic carbocycles. The van der Waals surface area contributed by atoms with E-state index in [0.717, 1.165) is 0 Å². The molecule has 1 aliphatic heterocycles. The van der Waals surface area contributed by atoms with Crippen LogP contribution in [0.5, 0.6) is 0 Å². The van der Waals surface area contributed by atoms with E-state index in [9.17, 15) is 9.59 Å². The fraction of sp³-hybridized carbons (Fsp3) is 0.211. The fourth-order valence-corrected chi connectivity index (χ4v) is 3.19. The summed E-state index contributed by atoms with van der Waals surface area (Å²) in [6.45, 7) is 3.72. The summed E-state index contributed by atoms with van der Waals surface area (Å²) in [6.07, 6.45) is 4.20. The zero-order valence-corrected chi connectivity index (χ0v) is 14.6. The van der Waals surface area contributed by atoms with Crippen molar-refractivity contribution in [1.82, 2.24) is 0 Å². The van der Waals surface area contributed by atoms with Crippen molar-refractivity contribution in [3.8, 4) is 0 Å². The largest absolute Gasteiger partial charge is 0.459 e. The van der Waals surface area contributed by atoms with Crippen LogP contribution in [0, 0.1) is 5.41 Å². The Morgan fingerprint density at radius 3 is 2.69 bits per heavy atom. The lowest BCUT2D eigenvalue weighted by Crippen LogP contribution is -2.51. The molecule has 7 heteroatoms. The summed E-state index contributed by atoms with van der Waals surface area (Å²) in [4.78, 5) is 28.3. The molecule has 0 saturated carbocycles. The number of anilines is 2. The average molecular weight is 352 g/mol. The number of nitrogens with zero attached hydrogens (tertiary/aromatic N) is 2. The average Bonchev–Trinajstić information content (AvgIpc) is 3.14. The van der Waals surface area contributed by atoms with E-state index >= 15 is 0 Å². The van der Waals surface area contributed by atoms with Gasteiger partial charge >= 0.3 is 0 Å². The van der Waals surface area contributed by atoms with Gasteiger partial charge in [0.2, 0.25) is 5.91 Å². The highest BCUT2D eigenvalue weighted by molar-refractivity contribution is 6.12. The number of nitrogens with two attached hydrogens (primary N) is 1. The Morgan fingerprint density at radius 1 is 1.31 bits per heavy atom. The molecule has 0 bridgehead atoms. The van der Waals surface area contributed by atoms with Gasteiger partial charge in [0, 0.05) is 19.0 Å². The standard InChI is InChI=1S/C19H20N4O3/c1-12-11-22(19(25)18-4-3-9-26-18)17-10-14(15(21)7-8-20)5-6-16(17)23(12)13(2)24/h3-10,12,21H,11,20H2,1-2H3/b8-7-,21-15?. The molecule has 0 aliphatic carbocycles. The lowest BCUT2D eigenvalue weighted by Gasteiger charge is -2.40. The Bertz CT molecular complexity index is 886. The van der Waals surface area contributed by atoms with Gasteiger partial charge in [0.1, 0.15) is 0 Å². The van der Waals surface area contributed by atoms with E-state index < -0.39 is 0 Å². The summed E-state index contributed by atoms with van der Waals surface area (Å²) in [7, 11) is 0. The van der Waals surface area contributed by atoms with E-state index in [4.69, 9.17) is 15.6 Å². The molecule has 0 saturated heterocycles. The van der Waals surface area contributed by atoms with Crippen LogP contribution in [-0.4, -0.2) is 30.1 Å². The first-order chi connectivity index (χ1) is 12.4. The molecule has 0 fully saturated rings. The third-order valence-electron chi connectivity index (χ3n) is 4.30. The predicted octanol–water partition coefficient (Wildman–Crippen LogP) is 2.52. The van der Waals surface area contributed by atoms with Gasteiger partial charge in [-0.2, -0.15) is 0 Å². The van der Waals surface area contributed by atoms with Crippen LogP contribution in [0.3, 0.4) is 0 Å². The number of allylic oxidation sites excluding steroid dienone is 1. The minimum Gasteiger partial charge on any atom is -0.459 e. The minimum atomic E-state index is -0.288. The van der Waals surface area contributed by atoms with Gasteiger partial charge in [-0.05, 0) is 43.5 Å². The van der Waals surface area contributed by atoms with Crippen LogP contribution >= 0.6 is 0 Å². The fourth-order valence-electron chi connectivity index (χ4n) is 3.19. The zero-order valence-electron chi connectivity index (χ0n) is 14.6. The lowest BCUT2D eigenvalue weighted by atomic mass is 10.0. The van der Waals surface area contributed by atoms with Crippen LogP contribution in [0.2, 0.25) is 0 Å². The number of fused-ring (bicyclic) bond motifs is 1. The molecule has 134 valence electrons. The van der Waals surface area contributed by atoms with Gasteiger partial charge < -0.3 is 25.4 Å². The normalized spacial score (nSPS) is 16.6. The third kappa shape index (κ3) is 2.99. The molecular weight excluding hydrogens is 332 g/mol. The van der Waals surface area contributed by atoms with Gasteiger partial charge in [0.15, 0.2) is 5.76 Å². The van der Waals surface area contributed by atoms with Gasteiger partial charge in [0.25, 0.3) is 5.91 Å². The molecule has 1 unspecified atom stereocenters. The number of carbonyl (C=O) groups excluding carboxylic acids is 2. The Labute approximate surface area is 151 Å². The van der Waals surface area contributed by atoms with E-state index in [1.54, 1.807) is 40.1 Å². The molecule has 1 atom stereocenters. The highest BCUT2D eigenvalue weighted by Gasteiger charge is 2.34. The quantitative estimate of drug-likeness (QED) is 0.828. The monoisotopic (exact) mass is 352 g/mol. The molecule has 3 rings (SSSR count). The van der Waals surface area contributed by atoms with Crippen molar-refractivity contribution in [2.75, 3.05) is 16.3 Å². The number of nitrogens with one attached hydrogen (secondary N) is 1. The van der Waals surface area contributed by atoms with Gasteiger partial charge in [-0.25, -0.2) is 0 Å². The van der Waals surface area contributed by atoms with Crippen molar-refractivity contribution >= 4 is 28.9 Å². The van der Waals surface area contributed by atoms with Crippen molar-refractivity contribution < 1.29 is 14.0 Å². The molecule has 0 radical (unpaired) electrons. The van der Waals surface area contributed by atoms with Gasteiger partial charge in [-0.15, -0.1) is 0 Å². The van der Waals surface area contributed by atoms with E-state index in [-0.39, 0.29) is 29.3 Å². The number of amides is 2. The summed E-state index contributed by atoms with van der Waals surface area (Å²) in [6, 6.07) is 8.29. The Morgan fingerprint density at radius 2 is 2.08 bits per heavy atom. The van der Waals surface area contributed by atoms with Crippen LogP contribution in [-0.2, 0) is 4.79 Å². The van der Waals surface area contributed by atoms with E-state index in [0.29, 0.717) is 23.5 Å². The highest BCUT2D eigenvalue weighted by atomic mass is 16.3. The third-order valence-corrected chi connectivity index (χ3v) is 4.30. The number of hydrogen-bond acceptors (Lipinski definition) is 5. The molecule has 2 amide bonds. The SMILES string of the molecule is CC(=O)N1c2ccc(C(=N)/C=C\N)cc2N(C(=O)c2ccco2)CC1C. The Balaban J connectivity index is 2.12. The van der Waals surface area contributed by atoms with Crippen LogP contribution in [0.15, 0.2) is 53.3 Å². The zero-order chi connectivity index (χ0) is 18.8. The van der Waals surface area contributed by atoms with Crippen LogP contribution in [0.1, 0.15) is 30.0 Å². The highest BCUT2D eigenvalue weighted by Crippen LogP contribution is 2.37. The maximum absolute atomic E-state index is 12.9. The molecule has 0 spiro atoms. The van der Waals surface area contributed by atoms with Crippen LogP contribution < -0.4 is 15.5 Å².